The minimum Gasteiger partial charge on any atom is -0.475 e. The first-order valence-corrected chi connectivity index (χ1v) is 7.64. The third-order valence-corrected chi connectivity index (χ3v) is 3.37. The third-order valence-electron chi connectivity index (χ3n) is 3.37. The first-order valence-electron chi connectivity index (χ1n) is 7.64. The number of carbonyl (C=O) groups is 3. The fourth-order valence-electron chi connectivity index (χ4n) is 1.86. The van der Waals surface area contributed by atoms with Crippen LogP contribution < -0.4 is 5.32 Å². The highest BCUT2D eigenvalue weighted by Gasteiger charge is 2.38. The number of hydrogen-bond acceptors (Lipinski definition) is 6. The molecule has 0 saturated carbocycles. The third kappa shape index (κ3) is 7.17. The molecular weight excluding hydrogens is 363 g/mol. The summed E-state index contributed by atoms with van der Waals surface area (Å²) < 4.78 is 41.9. The second kappa shape index (κ2) is 9.85. The van der Waals surface area contributed by atoms with E-state index in [0.29, 0.717) is 26.2 Å². The van der Waals surface area contributed by atoms with Gasteiger partial charge < -0.3 is 29.7 Å². The number of ether oxygens (including phenoxy) is 2. The number of nitrogens with zero attached hydrogens (tertiary/aromatic N) is 2. The summed E-state index contributed by atoms with van der Waals surface area (Å²) in [4.78, 5) is 35.5. The van der Waals surface area contributed by atoms with Crippen LogP contribution in [0, 0.1) is 0 Å². The first kappa shape index (κ1) is 21.5. The van der Waals surface area contributed by atoms with Crippen LogP contribution in [0.1, 0.15) is 0 Å². The van der Waals surface area contributed by atoms with E-state index < -0.39 is 12.1 Å². The molecule has 148 valence electrons. The smallest absolute Gasteiger partial charge is 0.475 e. The standard InChI is InChI=1S/C12H19N3O4.C2HF3O2/c1-2-7-18-11(16)14-3-5-15(6-4-14)12(17)19-10-8-13-9-10;3-2(4,5)1(6)7/h2,10,13H,1,3-9H2;(H,6,7). The number of nitrogens with one attached hydrogen (secondary N) is 1. The molecule has 2 N–H and O–H groups in total. The van der Waals surface area contributed by atoms with Gasteiger partial charge in [-0.1, -0.05) is 12.7 Å². The average molecular weight is 383 g/mol. The molecule has 2 rings (SSSR count). The van der Waals surface area contributed by atoms with Gasteiger partial charge in [-0.15, -0.1) is 0 Å². The van der Waals surface area contributed by atoms with Gasteiger partial charge >= 0.3 is 24.3 Å². The maximum absolute atomic E-state index is 11.8. The Kier molecular flexibility index (Phi) is 8.16. The highest BCUT2D eigenvalue weighted by atomic mass is 19.4. The topological polar surface area (TPSA) is 108 Å². The summed E-state index contributed by atoms with van der Waals surface area (Å²) in [6.07, 6.45) is -4.23. The Labute approximate surface area is 147 Å². The molecule has 2 heterocycles. The molecule has 0 aromatic carbocycles. The van der Waals surface area contributed by atoms with Crippen molar-refractivity contribution in [3.8, 4) is 0 Å². The number of halogens is 3. The Hall–Kier alpha value is -2.50. The highest BCUT2D eigenvalue weighted by Crippen LogP contribution is 2.13. The fraction of sp³-hybridized carbons (Fsp3) is 0.643. The van der Waals surface area contributed by atoms with Gasteiger partial charge in [-0.2, -0.15) is 13.2 Å². The van der Waals surface area contributed by atoms with Gasteiger partial charge in [-0.05, 0) is 0 Å². The van der Waals surface area contributed by atoms with Gasteiger partial charge in [0.2, 0.25) is 0 Å². The molecule has 2 amide bonds. The highest BCUT2D eigenvalue weighted by molar-refractivity contribution is 5.73. The SMILES string of the molecule is C=CCOC(=O)N1CCN(C(=O)OC2CNC2)CC1.O=C(O)C(F)(F)F. The minimum absolute atomic E-state index is 0.0110. The van der Waals surface area contributed by atoms with Crippen molar-refractivity contribution in [1.82, 2.24) is 15.1 Å². The average Bonchev–Trinajstić information content (AvgIpc) is 2.55. The van der Waals surface area contributed by atoms with Crippen LogP contribution in [0.4, 0.5) is 22.8 Å². The molecule has 0 spiro atoms. The van der Waals surface area contributed by atoms with Crippen molar-refractivity contribution >= 4 is 18.2 Å². The molecule has 12 heteroatoms. The van der Waals surface area contributed by atoms with Gasteiger partial charge in [-0.3, -0.25) is 0 Å². The lowest BCUT2D eigenvalue weighted by molar-refractivity contribution is -0.192. The molecule has 0 aromatic heterocycles. The van der Waals surface area contributed by atoms with E-state index >= 15 is 0 Å². The van der Waals surface area contributed by atoms with Crippen LogP contribution in [-0.4, -0.2) is 91.2 Å². The molecule has 26 heavy (non-hydrogen) atoms. The summed E-state index contributed by atoms with van der Waals surface area (Å²) in [6.45, 7) is 7.01. The molecular formula is C14H20F3N3O6. The van der Waals surface area contributed by atoms with Gasteiger partial charge in [0.25, 0.3) is 0 Å². The number of piperazine rings is 1. The molecule has 0 unspecified atom stereocenters. The van der Waals surface area contributed by atoms with Crippen molar-refractivity contribution in [3.63, 3.8) is 0 Å². The molecule has 0 aliphatic carbocycles. The minimum atomic E-state index is -5.08. The van der Waals surface area contributed by atoms with E-state index in [1.165, 1.54) is 6.08 Å². The van der Waals surface area contributed by atoms with Crippen molar-refractivity contribution in [3.05, 3.63) is 12.7 Å². The molecule has 2 aliphatic rings. The summed E-state index contributed by atoms with van der Waals surface area (Å²) in [7, 11) is 0. The summed E-state index contributed by atoms with van der Waals surface area (Å²) in [6, 6.07) is 0. The Morgan fingerprint density at radius 3 is 1.92 bits per heavy atom. The number of carboxylic acid groups (broad SMARTS) is 1. The maximum Gasteiger partial charge on any atom is 0.490 e. The monoisotopic (exact) mass is 383 g/mol. The number of alkyl halides is 3. The van der Waals surface area contributed by atoms with Crippen molar-refractivity contribution in [2.24, 2.45) is 0 Å². The van der Waals surface area contributed by atoms with Crippen LogP contribution in [0.25, 0.3) is 0 Å². The Balaban J connectivity index is 0.000000412. The summed E-state index contributed by atoms with van der Waals surface area (Å²) in [5.74, 6) is -2.76. The zero-order valence-electron chi connectivity index (χ0n) is 13.8. The van der Waals surface area contributed by atoms with Crippen LogP contribution in [-0.2, 0) is 14.3 Å². The van der Waals surface area contributed by atoms with E-state index in [4.69, 9.17) is 19.4 Å². The lowest BCUT2D eigenvalue weighted by Crippen LogP contribution is -2.54. The number of rotatable bonds is 3. The van der Waals surface area contributed by atoms with E-state index in [9.17, 15) is 22.8 Å². The Morgan fingerprint density at radius 2 is 1.58 bits per heavy atom. The van der Waals surface area contributed by atoms with Gasteiger partial charge in [0.15, 0.2) is 0 Å². The zero-order chi connectivity index (χ0) is 19.7. The zero-order valence-corrected chi connectivity index (χ0v) is 13.8. The van der Waals surface area contributed by atoms with Crippen molar-refractivity contribution in [1.29, 1.82) is 0 Å². The number of aliphatic carboxylic acids is 1. The summed E-state index contributed by atoms with van der Waals surface area (Å²) in [5.41, 5.74) is 0. The quantitative estimate of drug-likeness (QED) is 0.690. The number of carboxylic acids is 1. The molecule has 2 saturated heterocycles. The summed E-state index contributed by atoms with van der Waals surface area (Å²) in [5, 5.41) is 10.2. The van der Waals surface area contributed by atoms with E-state index in [0.717, 1.165) is 13.1 Å². The molecule has 9 nitrogen and oxygen atoms in total. The number of carbonyl (C=O) groups excluding carboxylic acids is 2. The predicted molar refractivity (Wildman–Crippen MR) is 81.5 cm³/mol. The van der Waals surface area contributed by atoms with Crippen LogP contribution in [0.5, 0.6) is 0 Å². The van der Waals surface area contributed by atoms with E-state index in [-0.39, 0.29) is 24.9 Å². The summed E-state index contributed by atoms with van der Waals surface area (Å²) >= 11 is 0. The molecule has 0 atom stereocenters. The predicted octanol–water partition coefficient (Wildman–Crippen LogP) is 0.668. The van der Waals surface area contributed by atoms with Gasteiger partial charge in [0, 0.05) is 39.3 Å². The van der Waals surface area contributed by atoms with Crippen molar-refractivity contribution in [2.45, 2.75) is 12.3 Å². The van der Waals surface area contributed by atoms with Crippen LogP contribution >= 0.6 is 0 Å². The largest absolute Gasteiger partial charge is 0.490 e. The fourth-order valence-corrected chi connectivity index (χ4v) is 1.86. The van der Waals surface area contributed by atoms with Gasteiger partial charge in [-0.25, -0.2) is 14.4 Å². The molecule has 0 bridgehead atoms. The second-order valence-corrected chi connectivity index (χ2v) is 5.31. The Bertz CT molecular complexity index is 517. The lowest BCUT2D eigenvalue weighted by Gasteiger charge is -2.35. The van der Waals surface area contributed by atoms with E-state index in [2.05, 4.69) is 11.9 Å². The molecule has 2 aliphatic heterocycles. The van der Waals surface area contributed by atoms with Crippen LogP contribution in [0.2, 0.25) is 0 Å². The second-order valence-electron chi connectivity index (χ2n) is 5.31. The normalized spacial score (nSPS) is 17.3. The molecule has 0 aromatic rings. The van der Waals surface area contributed by atoms with Gasteiger partial charge in [0.05, 0.1) is 0 Å². The van der Waals surface area contributed by atoms with Crippen molar-refractivity contribution < 1.29 is 42.1 Å². The first-order chi connectivity index (χ1) is 12.1. The maximum atomic E-state index is 11.8. The number of amides is 2. The van der Waals surface area contributed by atoms with E-state index in [1.807, 2.05) is 0 Å². The number of hydrogen-bond donors (Lipinski definition) is 2. The lowest BCUT2D eigenvalue weighted by atomic mass is 10.2. The van der Waals surface area contributed by atoms with Gasteiger partial charge in [0.1, 0.15) is 12.7 Å². The van der Waals surface area contributed by atoms with Crippen LogP contribution in [0.15, 0.2) is 12.7 Å². The molecule has 0 radical (unpaired) electrons. The molecule has 2 fully saturated rings. The Morgan fingerprint density at radius 1 is 1.12 bits per heavy atom. The van der Waals surface area contributed by atoms with Crippen LogP contribution in [0.3, 0.4) is 0 Å². The van der Waals surface area contributed by atoms with E-state index in [1.54, 1.807) is 9.80 Å². The van der Waals surface area contributed by atoms with Crippen molar-refractivity contribution in [2.75, 3.05) is 45.9 Å².